The Labute approximate surface area is 114 Å². The maximum absolute atomic E-state index is 12.0. The van der Waals surface area contributed by atoms with Crippen LogP contribution >= 0.6 is 23.2 Å². The molecule has 0 aromatic heterocycles. The van der Waals surface area contributed by atoms with Crippen LogP contribution in [-0.4, -0.2) is 5.91 Å². The Morgan fingerprint density at radius 1 is 0.833 bits per heavy atom. The number of hydrogen-bond acceptors (Lipinski definition) is 2. The van der Waals surface area contributed by atoms with Crippen molar-refractivity contribution in [1.29, 1.82) is 0 Å². The van der Waals surface area contributed by atoms with Gasteiger partial charge in [0.05, 0.1) is 32.7 Å². The monoisotopic (exact) mass is 278 g/mol. The first-order chi connectivity index (χ1) is 8.65. The fourth-order valence-corrected chi connectivity index (χ4v) is 2.21. The van der Waals surface area contributed by atoms with Gasteiger partial charge in [-0.05, 0) is 24.3 Å². The van der Waals surface area contributed by atoms with E-state index in [1.54, 1.807) is 18.2 Å². The van der Waals surface area contributed by atoms with Gasteiger partial charge in [-0.2, -0.15) is 0 Å². The second-order valence-corrected chi connectivity index (χ2v) is 4.75. The molecular formula is C13H8Cl2N2O. The lowest BCUT2D eigenvalue weighted by Crippen LogP contribution is -2.10. The van der Waals surface area contributed by atoms with Gasteiger partial charge in [0.15, 0.2) is 0 Å². The van der Waals surface area contributed by atoms with Crippen molar-refractivity contribution >= 4 is 46.2 Å². The van der Waals surface area contributed by atoms with Crippen molar-refractivity contribution in [3.05, 3.63) is 52.0 Å². The first-order valence-corrected chi connectivity index (χ1v) is 6.07. The standard InChI is InChI=1S/C13H8Cl2N2O/c14-8-5-11-12(6-9(8)15)17-13(18)7-3-1-2-4-10(7)16-11/h1-6,16H,(H,17,18). The first kappa shape index (κ1) is 11.4. The van der Waals surface area contributed by atoms with Crippen molar-refractivity contribution in [2.24, 2.45) is 0 Å². The topological polar surface area (TPSA) is 41.1 Å². The van der Waals surface area contributed by atoms with E-state index >= 15 is 0 Å². The third kappa shape index (κ3) is 1.82. The van der Waals surface area contributed by atoms with Gasteiger partial charge in [0.2, 0.25) is 0 Å². The van der Waals surface area contributed by atoms with Crippen LogP contribution in [0.25, 0.3) is 0 Å². The molecule has 0 radical (unpaired) electrons. The summed E-state index contributed by atoms with van der Waals surface area (Å²) in [6.07, 6.45) is 0. The Morgan fingerprint density at radius 2 is 1.44 bits per heavy atom. The quantitative estimate of drug-likeness (QED) is 0.754. The molecule has 1 heterocycles. The van der Waals surface area contributed by atoms with E-state index in [1.165, 1.54) is 0 Å². The Morgan fingerprint density at radius 3 is 2.17 bits per heavy atom. The van der Waals surface area contributed by atoms with Gasteiger partial charge >= 0.3 is 0 Å². The molecule has 1 aliphatic rings. The maximum Gasteiger partial charge on any atom is 0.257 e. The molecule has 0 bridgehead atoms. The molecule has 2 N–H and O–H groups in total. The number of carbonyl (C=O) groups excluding carboxylic acids is 1. The molecule has 18 heavy (non-hydrogen) atoms. The van der Waals surface area contributed by atoms with Crippen molar-refractivity contribution in [3.8, 4) is 0 Å². The highest BCUT2D eigenvalue weighted by atomic mass is 35.5. The van der Waals surface area contributed by atoms with E-state index in [0.29, 0.717) is 21.3 Å². The minimum Gasteiger partial charge on any atom is -0.353 e. The molecule has 5 heteroatoms. The van der Waals surface area contributed by atoms with E-state index in [9.17, 15) is 4.79 Å². The zero-order valence-corrected chi connectivity index (χ0v) is 10.6. The van der Waals surface area contributed by atoms with Crippen LogP contribution in [0.2, 0.25) is 10.0 Å². The maximum atomic E-state index is 12.0. The van der Waals surface area contributed by atoms with Gasteiger partial charge in [-0.15, -0.1) is 0 Å². The third-order valence-corrected chi connectivity index (χ3v) is 3.47. The number of benzene rings is 2. The van der Waals surface area contributed by atoms with Gasteiger partial charge in [-0.25, -0.2) is 0 Å². The minimum absolute atomic E-state index is 0.171. The third-order valence-electron chi connectivity index (χ3n) is 2.75. The lowest BCUT2D eigenvalue weighted by Gasteiger charge is -2.09. The summed E-state index contributed by atoms with van der Waals surface area (Å²) in [4.78, 5) is 12.0. The average molecular weight is 279 g/mol. The molecule has 3 nitrogen and oxygen atoms in total. The summed E-state index contributed by atoms with van der Waals surface area (Å²) in [6, 6.07) is 10.6. The van der Waals surface area contributed by atoms with Gasteiger partial charge in [-0.3, -0.25) is 4.79 Å². The van der Waals surface area contributed by atoms with Crippen LogP contribution in [0, 0.1) is 0 Å². The molecule has 2 aromatic rings. The summed E-state index contributed by atoms with van der Waals surface area (Å²) in [7, 11) is 0. The summed E-state index contributed by atoms with van der Waals surface area (Å²) in [5.74, 6) is -0.171. The molecule has 1 aliphatic heterocycles. The number of nitrogens with one attached hydrogen (secondary N) is 2. The number of anilines is 3. The van der Waals surface area contributed by atoms with E-state index in [2.05, 4.69) is 10.6 Å². The van der Waals surface area contributed by atoms with Crippen molar-refractivity contribution in [1.82, 2.24) is 0 Å². The van der Waals surface area contributed by atoms with Gasteiger partial charge in [0.25, 0.3) is 5.91 Å². The summed E-state index contributed by atoms with van der Waals surface area (Å²) in [5.41, 5.74) is 2.67. The molecule has 90 valence electrons. The first-order valence-electron chi connectivity index (χ1n) is 5.31. The van der Waals surface area contributed by atoms with E-state index in [-0.39, 0.29) is 5.91 Å². The van der Waals surface area contributed by atoms with Crippen molar-refractivity contribution in [2.75, 3.05) is 10.6 Å². The van der Waals surface area contributed by atoms with Crippen molar-refractivity contribution < 1.29 is 4.79 Å². The van der Waals surface area contributed by atoms with E-state index < -0.39 is 0 Å². The molecule has 0 saturated carbocycles. The van der Waals surface area contributed by atoms with Crippen molar-refractivity contribution in [3.63, 3.8) is 0 Å². The molecule has 1 amide bonds. The summed E-state index contributed by atoms with van der Waals surface area (Å²) in [6.45, 7) is 0. The zero-order valence-electron chi connectivity index (χ0n) is 9.13. The number of halogens is 2. The smallest absolute Gasteiger partial charge is 0.257 e. The normalized spacial score (nSPS) is 12.9. The Hall–Kier alpha value is -1.71. The van der Waals surface area contributed by atoms with Crippen LogP contribution in [0.1, 0.15) is 10.4 Å². The van der Waals surface area contributed by atoms with Crippen LogP contribution in [0.15, 0.2) is 36.4 Å². The highest BCUT2D eigenvalue weighted by Crippen LogP contribution is 2.37. The Bertz CT molecular complexity index is 655. The summed E-state index contributed by atoms with van der Waals surface area (Å²) >= 11 is 11.9. The molecule has 0 fully saturated rings. The number of hydrogen-bond donors (Lipinski definition) is 2. The number of amides is 1. The molecule has 0 atom stereocenters. The minimum atomic E-state index is -0.171. The fourth-order valence-electron chi connectivity index (χ4n) is 1.88. The summed E-state index contributed by atoms with van der Waals surface area (Å²) < 4.78 is 0. The number of para-hydroxylation sites is 1. The zero-order chi connectivity index (χ0) is 12.7. The van der Waals surface area contributed by atoms with Gasteiger partial charge in [0, 0.05) is 0 Å². The predicted molar refractivity (Wildman–Crippen MR) is 74.1 cm³/mol. The predicted octanol–water partition coefficient (Wildman–Crippen LogP) is 4.30. The number of fused-ring (bicyclic) bond motifs is 2. The second kappa shape index (κ2) is 4.19. The largest absolute Gasteiger partial charge is 0.353 e. The number of rotatable bonds is 0. The van der Waals surface area contributed by atoms with Crippen LogP contribution in [-0.2, 0) is 0 Å². The molecule has 2 aromatic carbocycles. The Kier molecular flexibility index (Phi) is 2.65. The molecule has 0 saturated heterocycles. The van der Waals surface area contributed by atoms with Gasteiger partial charge in [-0.1, -0.05) is 35.3 Å². The van der Waals surface area contributed by atoms with Crippen LogP contribution < -0.4 is 10.6 Å². The van der Waals surface area contributed by atoms with Crippen LogP contribution in [0.3, 0.4) is 0 Å². The highest BCUT2D eigenvalue weighted by molar-refractivity contribution is 6.42. The van der Waals surface area contributed by atoms with E-state index in [1.807, 2.05) is 18.2 Å². The number of carbonyl (C=O) groups is 1. The lowest BCUT2D eigenvalue weighted by atomic mass is 10.1. The summed E-state index contributed by atoms with van der Waals surface area (Å²) in [5, 5.41) is 6.82. The van der Waals surface area contributed by atoms with Gasteiger partial charge < -0.3 is 10.6 Å². The fraction of sp³-hybridized carbons (Fsp3) is 0. The second-order valence-electron chi connectivity index (χ2n) is 3.94. The Balaban J connectivity index is 2.18. The molecule has 0 aliphatic carbocycles. The van der Waals surface area contributed by atoms with Crippen LogP contribution in [0.4, 0.5) is 17.1 Å². The molecule has 0 unspecified atom stereocenters. The van der Waals surface area contributed by atoms with E-state index in [4.69, 9.17) is 23.2 Å². The van der Waals surface area contributed by atoms with E-state index in [0.717, 1.165) is 11.4 Å². The lowest BCUT2D eigenvalue weighted by molar-refractivity contribution is 0.102. The van der Waals surface area contributed by atoms with Crippen molar-refractivity contribution in [2.45, 2.75) is 0 Å². The SMILES string of the molecule is O=C1Nc2cc(Cl)c(Cl)cc2Nc2ccccc21. The van der Waals surface area contributed by atoms with Crippen LogP contribution in [0.5, 0.6) is 0 Å². The molecule has 3 rings (SSSR count). The average Bonchev–Trinajstić information content (AvgIpc) is 2.48. The molecular weight excluding hydrogens is 271 g/mol. The highest BCUT2D eigenvalue weighted by Gasteiger charge is 2.19. The van der Waals surface area contributed by atoms with Gasteiger partial charge in [0.1, 0.15) is 0 Å². The molecule has 0 spiro atoms.